The Balaban J connectivity index is 2.48. The Bertz CT molecular complexity index is 161. The minimum atomic E-state index is 0.734. The van der Waals surface area contributed by atoms with E-state index in [1.807, 2.05) is 0 Å². The molecule has 0 saturated carbocycles. The lowest BCUT2D eigenvalue weighted by Crippen LogP contribution is -2.31. The molecule has 0 bridgehead atoms. The molecule has 0 radical (unpaired) electrons. The van der Waals surface area contributed by atoms with E-state index in [0.29, 0.717) is 0 Å². The zero-order valence-electron chi connectivity index (χ0n) is 8.21. The van der Waals surface area contributed by atoms with Crippen LogP contribution in [0, 0.1) is 5.92 Å². The first-order valence-corrected chi connectivity index (χ1v) is 4.89. The van der Waals surface area contributed by atoms with Crippen LogP contribution in [0.3, 0.4) is 0 Å². The predicted octanol–water partition coefficient (Wildman–Crippen LogP) is 1.93. The van der Waals surface area contributed by atoms with E-state index in [1.165, 1.54) is 31.5 Å². The Morgan fingerprint density at radius 1 is 1.50 bits per heavy atom. The van der Waals surface area contributed by atoms with Crippen molar-refractivity contribution in [3.05, 3.63) is 11.9 Å². The van der Waals surface area contributed by atoms with Crippen molar-refractivity contribution in [3.63, 3.8) is 0 Å². The van der Waals surface area contributed by atoms with E-state index >= 15 is 0 Å². The van der Waals surface area contributed by atoms with Gasteiger partial charge in [-0.25, -0.2) is 0 Å². The minimum Gasteiger partial charge on any atom is -0.403 e. The highest BCUT2D eigenvalue weighted by molar-refractivity contribution is 5.01. The topological polar surface area (TPSA) is 29.3 Å². The first-order chi connectivity index (χ1) is 5.74. The van der Waals surface area contributed by atoms with Gasteiger partial charge in [0.1, 0.15) is 0 Å². The van der Waals surface area contributed by atoms with Gasteiger partial charge in [-0.2, -0.15) is 0 Å². The van der Waals surface area contributed by atoms with E-state index in [9.17, 15) is 0 Å². The van der Waals surface area contributed by atoms with Gasteiger partial charge in [-0.05, 0) is 25.2 Å². The van der Waals surface area contributed by atoms with Crippen LogP contribution in [0.15, 0.2) is 11.9 Å². The smallest absolute Gasteiger partial charge is 0.0290 e. The SMILES string of the molecule is CC(C)CN1CCCC/C1=C/N. The molecule has 0 amide bonds. The van der Waals surface area contributed by atoms with Crippen molar-refractivity contribution in [2.45, 2.75) is 33.1 Å². The summed E-state index contributed by atoms with van der Waals surface area (Å²) in [5, 5.41) is 0. The standard InChI is InChI=1S/C10H20N2/c1-9(2)8-12-6-4-3-5-10(12)7-11/h7,9H,3-6,8,11H2,1-2H3/b10-7-. The monoisotopic (exact) mass is 168 g/mol. The van der Waals surface area contributed by atoms with Gasteiger partial charge in [0.25, 0.3) is 0 Å². The van der Waals surface area contributed by atoms with Gasteiger partial charge in [0.2, 0.25) is 0 Å². The third-order valence-electron chi connectivity index (χ3n) is 2.30. The molecule has 2 heteroatoms. The van der Waals surface area contributed by atoms with E-state index in [2.05, 4.69) is 18.7 Å². The summed E-state index contributed by atoms with van der Waals surface area (Å²) in [5.74, 6) is 0.734. The molecule has 1 rings (SSSR count). The Kier molecular flexibility index (Phi) is 3.45. The van der Waals surface area contributed by atoms with Crippen LogP contribution in [-0.2, 0) is 0 Å². The van der Waals surface area contributed by atoms with Gasteiger partial charge in [-0.3, -0.25) is 0 Å². The van der Waals surface area contributed by atoms with Crippen molar-refractivity contribution in [1.82, 2.24) is 4.90 Å². The summed E-state index contributed by atoms with van der Waals surface area (Å²) < 4.78 is 0. The normalized spacial score (nSPS) is 22.2. The molecule has 1 heterocycles. The molecule has 1 fully saturated rings. The van der Waals surface area contributed by atoms with Crippen LogP contribution in [0.25, 0.3) is 0 Å². The number of piperidine rings is 1. The molecule has 1 aliphatic heterocycles. The maximum atomic E-state index is 5.57. The van der Waals surface area contributed by atoms with Gasteiger partial charge in [0.05, 0.1) is 0 Å². The summed E-state index contributed by atoms with van der Waals surface area (Å²) in [6.45, 7) is 6.86. The lowest BCUT2D eigenvalue weighted by molar-refractivity contribution is 0.260. The Hall–Kier alpha value is -0.660. The molecular weight excluding hydrogens is 148 g/mol. The van der Waals surface area contributed by atoms with Crippen molar-refractivity contribution in [3.8, 4) is 0 Å². The molecule has 0 atom stereocenters. The van der Waals surface area contributed by atoms with Crippen LogP contribution >= 0.6 is 0 Å². The second kappa shape index (κ2) is 4.39. The molecule has 2 nitrogen and oxygen atoms in total. The minimum absolute atomic E-state index is 0.734. The Labute approximate surface area is 75.4 Å². The average molecular weight is 168 g/mol. The number of hydrogen-bond acceptors (Lipinski definition) is 2. The van der Waals surface area contributed by atoms with E-state index in [4.69, 9.17) is 5.73 Å². The van der Waals surface area contributed by atoms with Crippen LogP contribution in [0.2, 0.25) is 0 Å². The molecular formula is C10H20N2. The molecule has 1 aliphatic rings. The molecule has 0 spiro atoms. The van der Waals surface area contributed by atoms with Crippen molar-refractivity contribution in [2.24, 2.45) is 11.7 Å². The highest BCUT2D eigenvalue weighted by atomic mass is 15.1. The second-order valence-corrected chi connectivity index (χ2v) is 3.95. The molecule has 1 saturated heterocycles. The summed E-state index contributed by atoms with van der Waals surface area (Å²) in [7, 11) is 0. The molecule has 0 aliphatic carbocycles. The van der Waals surface area contributed by atoms with E-state index in [1.54, 1.807) is 6.20 Å². The molecule has 0 aromatic heterocycles. The number of nitrogens with zero attached hydrogens (tertiary/aromatic N) is 1. The highest BCUT2D eigenvalue weighted by Gasteiger charge is 2.14. The maximum Gasteiger partial charge on any atom is 0.0290 e. The molecule has 12 heavy (non-hydrogen) atoms. The maximum absolute atomic E-state index is 5.57. The number of rotatable bonds is 2. The van der Waals surface area contributed by atoms with Crippen LogP contribution < -0.4 is 5.73 Å². The first-order valence-electron chi connectivity index (χ1n) is 4.89. The highest BCUT2D eigenvalue weighted by Crippen LogP contribution is 2.20. The molecule has 0 aromatic rings. The third kappa shape index (κ3) is 2.43. The zero-order chi connectivity index (χ0) is 8.97. The molecule has 0 unspecified atom stereocenters. The van der Waals surface area contributed by atoms with Gasteiger partial charge in [0, 0.05) is 25.0 Å². The summed E-state index contributed by atoms with van der Waals surface area (Å²) in [6.07, 6.45) is 5.58. The lowest BCUT2D eigenvalue weighted by Gasteiger charge is -2.32. The summed E-state index contributed by atoms with van der Waals surface area (Å²) in [6, 6.07) is 0. The van der Waals surface area contributed by atoms with E-state index < -0.39 is 0 Å². The summed E-state index contributed by atoms with van der Waals surface area (Å²) >= 11 is 0. The molecule has 70 valence electrons. The quantitative estimate of drug-likeness (QED) is 0.682. The Morgan fingerprint density at radius 2 is 2.25 bits per heavy atom. The van der Waals surface area contributed by atoms with Crippen LogP contribution in [0.4, 0.5) is 0 Å². The van der Waals surface area contributed by atoms with Crippen molar-refractivity contribution in [1.29, 1.82) is 0 Å². The van der Waals surface area contributed by atoms with Crippen LogP contribution in [0.5, 0.6) is 0 Å². The number of nitrogens with two attached hydrogens (primary N) is 1. The van der Waals surface area contributed by atoms with Crippen molar-refractivity contribution < 1.29 is 0 Å². The molecule has 0 aromatic carbocycles. The fourth-order valence-corrected chi connectivity index (χ4v) is 1.75. The summed E-state index contributed by atoms with van der Waals surface area (Å²) in [4.78, 5) is 2.42. The van der Waals surface area contributed by atoms with Gasteiger partial charge >= 0.3 is 0 Å². The first kappa shape index (κ1) is 9.43. The number of likely N-dealkylation sites (tertiary alicyclic amines) is 1. The predicted molar refractivity (Wildman–Crippen MR) is 52.5 cm³/mol. The van der Waals surface area contributed by atoms with Crippen molar-refractivity contribution >= 4 is 0 Å². The van der Waals surface area contributed by atoms with E-state index in [-0.39, 0.29) is 0 Å². The molecule has 2 N–H and O–H groups in total. The number of allylic oxidation sites excluding steroid dienone is 1. The lowest BCUT2D eigenvalue weighted by atomic mass is 10.1. The van der Waals surface area contributed by atoms with Crippen LogP contribution in [-0.4, -0.2) is 18.0 Å². The second-order valence-electron chi connectivity index (χ2n) is 3.95. The third-order valence-corrected chi connectivity index (χ3v) is 2.30. The fourth-order valence-electron chi connectivity index (χ4n) is 1.75. The Morgan fingerprint density at radius 3 is 2.83 bits per heavy atom. The average Bonchev–Trinajstić information content (AvgIpc) is 2.04. The largest absolute Gasteiger partial charge is 0.403 e. The van der Waals surface area contributed by atoms with Crippen molar-refractivity contribution in [2.75, 3.05) is 13.1 Å². The fraction of sp³-hybridized carbons (Fsp3) is 0.800. The van der Waals surface area contributed by atoms with Gasteiger partial charge in [-0.1, -0.05) is 13.8 Å². The van der Waals surface area contributed by atoms with Gasteiger partial charge in [0.15, 0.2) is 0 Å². The zero-order valence-corrected chi connectivity index (χ0v) is 8.21. The summed E-state index contributed by atoms with van der Waals surface area (Å²) in [5.41, 5.74) is 6.91. The van der Waals surface area contributed by atoms with Gasteiger partial charge in [-0.15, -0.1) is 0 Å². The van der Waals surface area contributed by atoms with E-state index in [0.717, 1.165) is 12.5 Å². The van der Waals surface area contributed by atoms with Gasteiger partial charge < -0.3 is 10.6 Å². The van der Waals surface area contributed by atoms with Crippen LogP contribution in [0.1, 0.15) is 33.1 Å². The number of hydrogen-bond donors (Lipinski definition) is 1.